The fourth-order valence-corrected chi connectivity index (χ4v) is 2.15. The Morgan fingerprint density at radius 1 is 1.17 bits per heavy atom. The van der Waals surface area contributed by atoms with E-state index in [0.29, 0.717) is 17.0 Å². The van der Waals surface area contributed by atoms with Crippen molar-refractivity contribution in [3.8, 4) is 11.8 Å². The first-order valence-electron chi connectivity index (χ1n) is 6.77. The van der Waals surface area contributed by atoms with Crippen molar-refractivity contribution in [2.24, 2.45) is 0 Å². The summed E-state index contributed by atoms with van der Waals surface area (Å²) in [5.41, 5.74) is 2.64. The van der Waals surface area contributed by atoms with Crippen LogP contribution in [0, 0.1) is 11.3 Å². The van der Waals surface area contributed by atoms with Crippen LogP contribution >= 0.6 is 0 Å². The van der Waals surface area contributed by atoms with Crippen molar-refractivity contribution in [2.45, 2.75) is 6.61 Å². The molecule has 0 radical (unpaired) electrons. The standard InChI is InChI=1S/C17H11F2N3O/c18-17(19)23-13-7-5-11(6-8-13)9-12(10-20)16-21-14-3-1-2-4-15(14)22-16/h1-9,17H,(H,21,22). The summed E-state index contributed by atoms with van der Waals surface area (Å²) in [6, 6.07) is 15.6. The van der Waals surface area contributed by atoms with Crippen LogP contribution in [0.2, 0.25) is 0 Å². The molecule has 6 heteroatoms. The monoisotopic (exact) mass is 311 g/mol. The molecule has 1 aromatic heterocycles. The summed E-state index contributed by atoms with van der Waals surface area (Å²) in [4.78, 5) is 7.45. The number of hydrogen-bond donors (Lipinski definition) is 1. The number of allylic oxidation sites excluding steroid dienone is 1. The summed E-state index contributed by atoms with van der Waals surface area (Å²) >= 11 is 0. The SMILES string of the molecule is N#CC(=Cc1ccc(OC(F)F)cc1)c1nc2ccccc2[nH]1. The number of ether oxygens (including phenoxy) is 1. The molecule has 0 unspecified atom stereocenters. The third-order valence-electron chi connectivity index (χ3n) is 3.18. The van der Waals surface area contributed by atoms with Crippen molar-refractivity contribution in [1.82, 2.24) is 9.97 Å². The van der Waals surface area contributed by atoms with Gasteiger partial charge >= 0.3 is 6.61 Å². The number of H-pyrrole nitrogens is 1. The van der Waals surface area contributed by atoms with Gasteiger partial charge < -0.3 is 9.72 Å². The third kappa shape index (κ3) is 3.35. The van der Waals surface area contributed by atoms with Crippen LogP contribution in [0.1, 0.15) is 11.4 Å². The Morgan fingerprint density at radius 2 is 1.91 bits per heavy atom. The number of aromatic amines is 1. The number of nitrogens with zero attached hydrogens (tertiary/aromatic N) is 2. The lowest BCUT2D eigenvalue weighted by Crippen LogP contribution is -2.01. The molecular weight excluding hydrogens is 300 g/mol. The van der Waals surface area contributed by atoms with E-state index in [1.54, 1.807) is 18.2 Å². The number of nitrogens with one attached hydrogen (secondary N) is 1. The predicted octanol–water partition coefficient (Wildman–Crippen LogP) is 4.23. The van der Waals surface area contributed by atoms with Gasteiger partial charge in [-0.25, -0.2) is 4.98 Å². The molecule has 3 rings (SSSR count). The maximum absolute atomic E-state index is 12.1. The Kier molecular flexibility index (Phi) is 4.02. The first kappa shape index (κ1) is 14.7. The van der Waals surface area contributed by atoms with Crippen molar-refractivity contribution in [3.05, 3.63) is 59.9 Å². The van der Waals surface area contributed by atoms with Crippen molar-refractivity contribution in [2.75, 3.05) is 0 Å². The van der Waals surface area contributed by atoms with Crippen LogP contribution in [0.3, 0.4) is 0 Å². The van der Waals surface area contributed by atoms with Crippen molar-refractivity contribution < 1.29 is 13.5 Å². The maximum atomic E-state index is 12.1. The molecule has 0 atom stereocenters. The van der Waals surface area contributed by atoms with Gasteiger partial charge in [0.05, 0.1) is 16.6 Å². The summed E-state index contributed by atoms with van der Waals surface area (Å²) in [6.07, 6.45) is 1.63. The van der Waals surface area contributed by atoms with E-state index in [1.165, 1.54) is 12.1 Å². The highest BCUT2D eigenvalue weighted by Crippen LogP contribution is 2.21. The number of alkyl halides is 2. The predicted molar refractivity (Wildman–Crippen MR) is 82.7 cm³/mol. The van der Waals surface area contributed by atoms with Gasteiger partial charge in [0.15, 0.2) is 0 Å². The quantitative estimate of drug-likeness (QED) is 0.733. The number of halogens is 2. The Labute approximate surface area is 130 Å². The highest BCUT2D eigenvalue weighted by Gasteiger charge is 2.08. The lowest BCUT2D eigenvalue weighted by atomic mass is 10.1. The van der Waals surface area contributed by atoms with E-state index < -0.39 is 6.61 Å². The molecule has 0 spiro atoms. The number of rotatable bonds is 4. The van der Waals surface area contributed by atoms with Crippen molar-refractivity contribution in [1.29, 1.82) is 5.26 Å². The van der Waals surface area contributed by atoms with E-state index in [2.05, 4.69) is 20.8 Å². The van der Waals surface area contributed by atoms with Gasteiger partial charge in [-0.15, -0.1) is 0 Å². The minimum absolute atomic E-state index is 0.0689. The first-order chi connectivity index (χ1) is 11.2. The highest BCUT2D eigenvalue weighted by atomic mass is 19.3. The topological polar surface area (TPSA) is 61.7 Å². The van der Waals surface area contributed by atoms with Crippen LogP contribution in [0.4, 0.5) is 8.78 Å². The van der Waals surface area contributed by atoms with Crippen LogP contribution in [-0.2, 0) is 0 Å². The average Bonchev–Trinajstić information content (AvgIpc) is 2.97. The van der Waals surface area contributed by atoms with Gasteiger partial charge in [-0.2, -0.15) is 14.0 Å². The molecule has 0 fully saturated rings. The molecule has 0 saturated heterocycles. The molecule has 0 aliphatic rings. The van der Waals surface area contributed by atoms with E-state index in [4.69, 9.17) is 0 Å². The van der Waals surface area contributed by atoms with E-state index in [1.807, 2.05) is 24.3 Å². The lowest BCUT2D eigenvalue weighted by molar-refractivity contribution is -0.0498. The van der Waals surface area contributed by atoms with Gasteiger partial charge in [-0.3, -0.25) is 0 Å². The molecule has 114 valence electrons. The van der Waals surface area contributed by atoms with Crippen LogP contribution < -0.4 is 4.74 Å². The summed E-state index contributed by atoms with van der Waals surface area (Å²) in [5, 5.41) is 9.34. The number of aromatic nitrogens is 2. The minimum atomic E-state index is -2.86. The second-order valence-corrected chi connectivity index (χ2v) is 4.72. The van der Waals surface area contributed by atoms with Gasteiger partial charge in [0.1, 0.15) is 17.6 Å². The number of imidazole rings is 1. The Hall–Kier alpha value is -3.20. The van der Waals surface area contributed by atoms with E-state index in [0.717, 1.165) is 11.0 Å². The largest absolute Gasteiger partial charge is 0.435 e. The summed E-state index contributed by atoms with van der Waals surface area (Å²) in [7, 11) is 0. The molecule has 2 aromatic carbocycles. The molecule has 1 heterocycles. The highest BCUT2D eigenvalue weighted by molar-refractivity contribution is 5.90. The Morgan fingerprint density at radius 3 is 2.57 bits per heavy atom. The van der Waals surface area contributed by atoms with E-state index in [9.17, 15) is 14.0 Å². The van der Waals surface area contributed by atoms with Crippen LogP contribution in [0.15, 0.2) is 48.5 Å². The molecule has 0 amide bonds. The van der Waals surface area contributed by atoms with Crippen molar-refractivity contribution >= 4 is 22.7 Å². The maximum Gasteiger partial charge on any atom is 0.387 e. The number of para-hydroxylation sites is 2. The third-order valence-corrected chi connectivity index (χ3v) is 3.18. The fraction of sp³-hybridized carbons (Fsp3) is 0.0588. The van der Waals surface area contributed by atoms with Crippen LogP contribution in [0.5, 0.6) is 5.75 Å². The Balaban J connectivity index is 1.90. The molecule has 4 nitrogen and oxygen atoms in total. The zero-order valence-corrected chi connectivity index (χ0v) is 11.8. The van der Waals surface area contributed by atoms with Gasteiger partial charge in [-0.05, 0) is 35.9 Å². The van der Waals surface area contributed by atoms with Gasteiger partial charge in [0, 0.05) is 0 Å². The number of benzene rings is 2. The first-order valence-corrected chi connectivity index (χ1v) is 6.77. The molecule has 0 saturated carbocycles. The summed E-state index contributed by atoms with van der Waals surface area (Å²) < 4.78 is 28.5. The molecule has 0 aliphatic carbocycles. The second kappa shape index (κ2) is 6.28. The normalized spacial score (nSPS) is 11.7. The summed E-state index contributed by atoms with van der Waals surface area (Å²) in [5.74, 6) is 0.529. The molecule has 1 N–H and O–H groups in total. The zero-order chi connectivity index (χ0) is 16.2. The molecule has 3 aromatic rings. The molecule has 0 aliphatic heterocycles. The number of nitriles is 1. The van der Waals surface area contributed by atoms with E-state index in [-0.39, 0.29) is 5.75 Å². The molecule has 0 bridgehead atoms. The minimum Gasteiger partial charge on any atom is -0.435 e. The van der Waals surface area contributed by atoms with Gasteiger partial charge in [0.2, 0.25) is 0 Å². The van der Waals surface area contributed by atoms with E-state index >= 15 is 0 Å². The smallest absolute Gasteiger partial charge is 0.387 e. The summed E-state index contributed by atoms with van der Waals surface area (Å²) in [6.45, 7) is -2.86. The molecular formula is C17H11F2N3O. The van der Waals surface area contributed by atoms with Crippen molar-refractivity contribution in [3.63, 3.8) is 0 Å². The fourth-order valence-electron chi connectivity index (χ4n) is 2.15. The van der Waals surface area contributed by atoms with Gasteiger partial charge in [0.25, 0.3) is 0 Å². The number of hydrogen-bond acceptors (Lipinski definition) is 3. The lowest BCUT2D eigenvalue weighted by Gasteiger charge is -2.04. The average molecular weight is 311 g/mol. The number of fused-ring (bicyclic) bond motifs is 1. The van der Waals surface area contributed by atoms with Crippen LogP contribution in [-0.4, -0.2) is 16.6 Å². The Bertz CT molecular complexity index is 859. The van der Waals surface area contributed by atoms with Gasteiger partial charge in [-0.1, -0.05) is 24.3 Å². The zero-order valence-electron chi connectivity index (χ0n) is 11.8. The molecule has 23 heavy (non-hydrogen) atoms. The second-order valence-electron chi connectivity index (χ2n) is 4.72. The van der Waals surface area contributed by atoms with Crippen LogP contribution in [0.25, 0.3) is 22.7 Å².